The van der Waals surface area contributed by atoms with E-state index in [1.165, 1.54) is 16.7 Å². The van der Waals surface area contributed by atoms with Crippen LogP contribution in [0.2, 0.25) is 0 Å². The molecule has 1 saturated heterocycles. The molecule has 1 fully saturated rings. The molecule has 3 heteroatoms. The highest BCUT2D eigenvalue weighted by atomic mass is 16.1. The summed E-state index contributed by atoms with van der Waals surface area (Å²) in [6.07, 6.45) is 1.85. The first kappa shape index (κ1) is 17.7. The molecule has 132 valence electrons. The maximum Gasteiger partial charge on any atom is 0.224 e. The van der Waals surface area contributed by atoms with Crippen LogP contribution in [-0.2, 0) is 4.79 Å². The molecule has 3 unspecified atom stereocenters. The molecule has 0 saturated carbocycles. The van der Waals surface area contributed by atoms with Gasteiger partial charge in [0.05, 0.1) is 5.92 Å². The number of rotatable bonds is 5. The average molecular weight is 336 g/mol. The second-order valence-electron chi connectivity index (χ2n) is 7.04. The van der Waals surface area contributed by atoms with Crippen molar-refractivity contribution in [2.75, 3.05) is 13.1 Å². The maximum atomic E-state index is 11.9. The monoisotopic (exact) mass is 336 g/mol. The minimum atomic E-state index is -0.229. The number of primary amides is 1. The Hall–Kier alpha value is -2.13. The Balaban J connectivity index is 2.01. The van der Waals surface area contributed by atoms with Crippen LogP contribution in [0, 0.1) is 6.92 Å². The summed E-state index contributed by atoms with van der Waals surface area (Å²) in [6.45, 7) is 6.20. The number of carbonyl (C=O) groups is 1. The van der Waals surface area contributed by atoms with Crippen LogP contribution in [0.3, 0.4) is 0 Å². The largest absolute Gasteiger partial charge is 0.369 e. The van der Waals surface area contributed by atoms with Crippen LogP contribution in [0.5, 0.6) is 0 Å². The van der Waals surface area contributed by atoms with E-state index in [1.54, 1.807) is 0 Å². The summed E-state index contributed by atoms with van der Waals surface area (Å²) < 4.78 is 0. The molecular formula is C22H28N2O. The minimum absolute atomic E-state index is 0.197. The first-order valence-corrected chi connectivity index (χ1v) is 9.27. The van der Waals surface area contributed by atoms with Crippen LogP contribution in [0.25, 0.3) is 0 Å². The molecule has 1 aliphatic heterocycles. The standard InChI is InChI=1S/C22H28N2O/c1-3-17(22(23)25)18-10-7-11-19(15(18)2)20-12-13-24-14-21(20)16-8-5-4-6-9-16/h4-11,17,20-21,24H,3,12-14H2,1-2H3,(H2,23,25). The molecule has 0 radical (unpaired) electrons. The smallest absolute Gasteiger partial charge is 0.224 e. The molecule has 1 aliphatic rings. The van der Waals surface area contributed by atoms with Gasteiger partial charge in [0.15, 0.2) is 0 Å². The first-order valence-electron chi connectivity index (χ1n) is 9.27. The molecule has 25 heavy (non-hydrogen) atoms. The second-order valence-corrected chi connectivity index (χ2v) is 7.04. The van der Waals surface area contributed by atoms with Crippen molar-refractivity contribution < 1.29 is 4.79 Å². The van der Waals surface area contributed by atoms with Crippen molar-refractivity contribution in [3.05, 3.63) is 70.8 Å². The summed E-state index contributed by atoms with van der Waals surface area (Å²) in [4.78, 5) is 11.9. The molecule has 0 aromatic heterocycles. The predicted molar refractivity (Wildman–Crippen MR) is 103 cm³/mol. The normalized spacial score (nSPS) is 21.7. The maximum absolute atomic E-state index is 11.9. The molecule has 2 aromatic carbocycles. The highest BCUT2D eigenvalue weighted by molar-refractivity contribution is 5.82. The second kappa shape index (κ2) is 7.83. The Kier molecular flexibility index (Phi) is 5.54. The topological polar surface area (TPSA) is 55.1 Å². The van der Waals surface area contributed by atoms with E-state index in [2.05, 4.69) is 60.8 Å². The van der Waals surface area contributed by atoms with Gasteiger partial charge in [-0.25, -0.2) is 0 Å². The van der Waals surface area contributed by atoms with Crippen molar-refractivity contribution >= 4 is 5.91 Å². The lowest BCUT2D eigenvalue weighted by Crippen LogP contribution is -2.34. The van der Waals surface area contributed by atoms with E-state index in [1.807, 2.05) is 6.92 Å². The lowest BCUT2D eigenvalue weighted by atomic mass is 9.74. The summed E-state index contributed by atoms with van der Waals surface area (Å²) in [5, 5.41) is 3.55. The zero-order valence-electron chi connectivity index (χ0n) is 15.2. The van der Waals surface area contributed by atoms with E-state index in [0.29, 0.717) is 11.8 Å². The first-order chi connectivity index (χ1) is 12.1. The third kappa shape index (κ3) is 3.62. The van der Waals surface area contributed by atoms with E-state index >= 15 is 0 Å². The molecule has 0 spiro atoms. The molecule has 0 aliphatic carbocycles. The molecular weight excluding hydrogens is 308 g/mol. The van der Waals surface area contributed by atoms with Gasteiger partial charge in [0, 0.05) is 12.5 Å². The number of hydrogen-bond acceptors (Lipinski definition) is 2. The molecule has 3 atom stereocenters. The van der Waals surface area contributed by atoms with Gasteiger partial charge in [-0.05, 0) is 54.5 Å². The fraction of sp³-hybridized carbons (Fsp3) is 0.409. The molecule has 2 aromatic rings. The fourth-order valence-corrected chi connectivity index (χ4v) is 4.31. The Morgan fingerprint density at radius 1 is 1.16 bits per heavy atom. The summed E-state index contributed by atoms with van der Waals surface area (Å²) in [6, 6.07) is 17.1. The Morgan fingerprint density at radius 3 is 2.60 bits per heavy atom. The van der Waals surface area contributed by atoms with E-state index in [0.717, 1.165) is 31.5 Å². The lowest BCUT2D eigenvalue weighted by molar-refractivity contribution is -0.119. The molecule has 3 N–H and O–H groups in total. The van der Waals surface area contributed by atoms with Crippen molar-refractivity contribution in [3.8, 4) is 0 Å². The van der Waals surface area contributed by atoms with Gasteiger partial charge in [0.25, 0.3) is 0 Å². The summed E-state index contributed by atoms with van der Waals surface area (Å²) >= 11 is 0. The van der Waals surface area contributed by atoms with Crippen molar-refractivity contribution in [3.63, 3.8) is 0 Å². The number of hydrogen-bond donors (Lipinski definition) is 2. The molecule has 1 amide bonds. The number of nitrogens with one attached hydrogen (secondary N) is 1. The number of benzene rings is 2. The third-order valence-electron chi connectivity index (χ3n) is 5.65. The van der Waals surface area contributed by atoms with E-state index < -0.39 is 0 Å². The van der Waals surface area contributed by atoms with Gasteiger partial charge < -0.3 is 11.1 Å². The van der Waals surface area contributed by atoms with E-state index in [4.69, 9.17) is 5.73 Å². The van der Waals surface area contributed by atoms with E-state index in [-0.39, 0.29) is 11.8 Å². The third-order valence-corrected chi connectivity index (χ3v) is 5.65. The average Bonchev–Trinajstić information content (AvgIpc) is 2.64. The van der Waals surface area contributed by atoms with Crippen molar-refractivity contribution in [1.82, 2.24) is 5.32 Å². The highest BCUT2D eigenvalue weighted by Crippen LogP contribution is 2.40. The number of amides is 1. The fourth-order valence-electron chi connectivity index (χ4n) is 4.31. The van der Waals surface area contributed by atoms with Gasteiger partial charge in [0.1, 0.15) is 0 Å². The predicted octanol–water partition coefficient (Wildman–Crippen LogP) is 3.83. The molecule has 3 rings (SSSR count). The van der Waals surface area contributed by atoms with Crippen LogP contribution < -0.4 is 11.1 Å². The van der Waals surface area contributed by atoms with Crippen molar-refractivity contribution in [1.29, 1.82) is 0 Å². The molecule has 3 nitrogen and oxygen atoms in total. The number of piperidine rings is 1. The van der Waals surface area contributed by atoms with Gasteiger partial charge in [-0.15, -0.1) is 0 Å². The van der Waals surface area contributed by atoms with Crippen LogP contribution in [0.4, 0.5) is 0 Å². The quantitative estimate of drug-likeness (QED) is 0.872. The van der Waals surface area contributed by atoms with Gasteiger partial charge in [-0.2, -0.15) is 0 Å². The van der Waals surface area contributed by atoms with E-state index in [9.17, 15) is 4.79 Å². The van der Waals surface area contributed by atoms with Gasteiger partial charge >= 0.3 is 0 Å². The lowest BCUT2D eigenvalue weighted by Gasteiger charge is -2.34. The highest BCUT2D eigenvalue weighted by Gasteiger charge is 2.30. The zero-order chi connectivity index (χ0) is 17.8. The Labute approximate surface area is 150 Å². The SMILES string of the molecule is CCC(C(N)=O)c1cccc(C2CCNCC2c2ccccc2)c1C. The minimum Gasteiger partial charge on any atom is -0.369 e. The summed E-state index contributed by atoms with van der Waals surface area (Å²) in [5.41, 5.74) is 10.7. The van der Waals surface area contributed by atoms with Crippen molar-refractivity contribution in [2.24, 2.45) is 5.73 Å². The Bertz CT molecular complexity index is 726. The zero-order valence-corrected chi connectivity index (χ0v) is 15.2. The number of nitrogens with two attached hydrogens (primary N) is 1. The Morgan fingerprint density at radius 2 is 1.92 bits per heavy atom. The van der Waals surface area contributed by atoms with Crippen LogP contribution in [0.15, 0.2) is 48.5 Å². The van der Waals surface area contributed by atoms with Crippen LogP contribution >= 0.6 is 0 Å². The van der Waals surface area contributed by atoms with Crippen LogP contribution in [0.1, 0.15) is 59.8 Å². The molecule has 1 heterocycles. The van der Waals surface area contributed by atoms with Crippen LogP contribution in [-0.4, -0.2) is 19.0 Å². The van der Waals surface area contributed by atoms with Gasteiger partial charge in [-0.1, -0.05) is 55.5 Å². The van der Waals surface area contributed by atoms with Crippen molar-refractivity contribution in [2.45, 2.75) is 44.4 Å². The van der Waals surface area contributed by atoms with Gasteiger partial charge in [0.2, 0.25) is 5.91 Å². The van der Waals surface area contributed by atoms with Gasteiger partial charge in [-0.3, -0.25) is 4.79 Å². The molecule has 0 bridgehead atoms. The number of carbonyl (C=O) groups excluding carboxylic acids is 1. The summed E-state index contributed by atoms with van der Waals surface area (Å²) in [7, 11) is 0. The summed E-state index contributed by atoms with van der Waals surface area (Å²) in [5.74, 6) is 0.496.